The number of carbonyl (C=O) groups is 1. The zero-order valence-corrected chi connectivity index (χ0v) is 18.1. The molecule has 3 heterocycles. The van der Waals surface area contributed by atoms with Gasteiger partial charge in [-0.05, 0) is 41.9 Å². The first-order valence-electron chi connectivity index (χ1n) is 10.9. The van der Waals surface area contributed by atoms with Crippen molar-refractivity contribution in [2.45, 2.75) is 6.54 Å². The van der Waals surface area contributed by atoms with E-state index >= 15 is 0 Å². The van der Waals surface area contributed by atoms with Crippen LogP contribution in [0, 0.1) is 0 Å². The number of nitrogens with one attached hydrogen (secondary N) is 1. The molecule has 4 aromatic rings. The number of carboxylic acid groups (broad SMARTS) is 1. The number of rotatable bonds is 5. The molecule has 1 saturated heterocycles. The summed E-state index contributed by atoms with van der Waals surface area (Å²) in [6.45, 7) is 5.44. The van der Waals surface area contributed by atoms with Crippen molar-refractivity contribution in [3.63, 3.8) is 0 Å². The standard InChI is InChI=1S/C26H26N4O2/c1-29-9-11-30(12-10-29)17-18-5-7-19(8-6-18)22-14-23-24(16-28-25(23)27-15-22)20-3-2-4-21(13-20)26(31)32/h2-8,13-16H,9-12,17H2,1H3,(H,27,28)(H,31,32). The average molecular weight is 427 g/mol. The van der Waals surface area contributed by atoms with Crippen molar-refractivity contribution < 1.29 is 9.90 Å². The van der Waals surface area contributed by atoms with Crippen molar-refractivity contribution >= 4 is 17.0 Å². The molecule has 0 atom stereocenters. The van der Waals surface area contributed by atoms with E-state index in [9.17, 15) is 9.90 Å². The molecule has 0 bridgehead atoms. The third kappa shape index (κ3) is 4.15. The maximum Gasteiger partial charge on any atom is 0.335 e. The van der Waals surface area contributed by atoms with Gasteiger partial charge in [-0.2, -0.15) is 0 Å². The van der Waals surface area contributed by atoms with Crippen molar-refractivity contribution in [1.29, 1.82) is 0 Å². The van der Waals surface area contributed by atoms with Crippen LogP contribution in [0.25, 0.3) is 33.3 Å². The molecular formula is C26H26N4O2. The van der Waals surface area contributed by atoms with E-state index in [1.807, 2.05) is 18.5 Å². The number of fused-ring (bicyclic) bond motifs is 1. The number of H-pyrrole nitrogens is 1. The lowest BCUT2D eigenvalue weighted by Gasteiger charge is -2.32. The Morgan fingerprint density at radius 3 is 2.53 bits per heavy atom. The van der Waals surface area contributed by atoms with Crippen LogP contribution in [-0.4, -0.2) is 64.1 Å². The Bertz CT molecular complexity index is 1250. The van der Waals surface area contributed by atoms with Gasteiger partial charge in [-0.3, -0.25) is 4.90 Å². The molecular weight excluding hydrogens is 400 g/mol. The van der Waals surface area contributed by atoms with Crippen LogP contribution in [0.2, 0.25) is 0 Å². The topological polar surface area (TPSA) is 72.5 Å². The summed E-state index contributed by atoms with van der Waals surface area (Å²) in [5.74, 6) is -0.929. The molecule has 0 saturated carbocycles. The molecule has 2 aromatic heterocycles. The molecule has 2 N–H and O–H groups in total. The first kappa shape index (κ1) is 20.4. The van der Waals surface area contributed by atoms with Crippen LogP contribution in [-0.2, 0) is 6.54 Å². The summed E-state index contributed by atoms with van der Waals surface area (Å²) in [5, 5.41) is 10.3. The molecule has 1 fully saturated rings. The van der Waals surface area contributed by atoms with E-state index in [2.05, 4.69) is 57.1 Å². The fourth-order valence-corrected chi connectivity index (χ4v) is 4.29. The smallest absolute Gasteiger partial charge is 0.335 e. The lowest BCUT2D eigenvalue weighted by Crippen LogP contribution is -2.43. The largest absolute Gasteiger partial charge is 0.478 e. The van der Waals surface area contributed by atoms with E-state index in [1.165, 1.54) is 5.56 Å². The number of hydrogen-bond donors (Lipinski definition) is 2. The van der Waals surface area contributed by atoms with Gasteiger partial charge in [-0.1, -0.05) is 36.4 Å². The molecule has 0 aliphatic carbocycles. The van der Waals surface area contributed by atoms with E-state index in [0.29, 0.717) is 0 Å². The van der Waals surface area contributed by atoms with Crippen LogP contribution in [0.5, 0.6) is 0 Å². The number of likely N-dealkylation sites (N-methyl/N-ethyl adjacent to an activating group) is 1. The Balaban J connectivity index is 1.41. The summed E-state index contributed by atoms with van der Waals surface area (Å²) >= 11 is 0. The van der Waals surface area contributed by atoms with Gasteiger partial charge >= 0.3 is 5.97 Å². The van der Waals surface area contributed by atoms with Crippen LogP contribution in [0.3, 0.4) is 0 Å². The van der Waals surface area contributed by atoms with Gasteiger partial charge in [0.1, 0.15) is 5.65 Å². The number of aromatic amines is 1. The summed E-state index contributed by atoms with van der Waals surface area (Å²) in [5.41, 5.74) is 6.35. The first-order valence-corrected chi connectivity index (χ1v) is 10.9. The predicted molar refractivity (Wildman–Crippen MR) is 127 cm³/mol. The Morgan fingerprint density at radius 1 is 1.00 bits per heavy atom. The van der Waals surface area contributed by atoms with E-state index in [0.717, 1.165) is 66.0 Å². The lowest BCUT2D eigenvalue weighted by atomic mass is 10.0. The number of pyridine rings is 1. The van der Waals surface area contributed by atoms with E-state index < -0.39 is 5.97 Å². The molecule has 6 nitrogen and oxygen atoms in total. The second-order valence-corrected chi connectivity index (χ2v) is 8.48. The van der Waals surface area contributed by atoms with Gasteiger partial charge in [-0.25, -0.2) is 9.78 Å². The molecule has 2 aromatic carbocycles. The van der Waals surface area contributed by atoms with Crippen molar-refractivity contribution in [2.24, 2.45) is 0 Å². The molecule has 6 heteroatoms. The van der Waals surface area contributed by atoms with Crippen LogP contribution in [0.4, 0.5) is 0 Å². The molecule has 32 heavy (non-hydrogen) atoms. The molecule has 0 radical (unpaired) electrons. The van der Waals surface area contributed by atoms with Crippen LogP contribution in [0.1, 0.15) is 15.9 Å². The molecule has 1 aliphatic heterocycles. The molecule has 1 aliphatic rings. The highest BCUT2D eigenvalue weighted by atomic mass is 16.4. The second-order valence-electron chi connectivity index (χ2n) is 8.48. The zero-order valence-electron chi connectivity index (χ0n) is 18.1. The molecule has 0 amide bonds. The monoisotopic (exact) mass is 426 g/mol. The van der Waals surface area contributed by atoms with Gasteiger partial charge < -0.3 is 15.0 Å². The van der Waals surface area contributed by atoms with Crippen LogP contribution in [0.15, 0.2) is 67.0 Å². The fourth-order valence-electron chi connectivity index (χ4n) is 4.29. The minimum atomic E-state index is -0.929. The molecule has 0 unspecified atom stereocenters. The normalized spacial score (nSPS) is 15.3. The quantitative estimate of drug-likeness (QED) is 0.497. The van der Waals surface area contributed by atoms with Crippen molar-refractivity contribution in [2.75, 3.05) is 33.2 Å². The Morgan fingerprint density at radius 2 is 1.78 bits per heavy atom. The third-order valence-corrected chi connectivity index (χ3v) is 6.24. The van der Waals surface area contributed by atoms with Gasteiger partial charge in [0.2, 0.25) is 0 Å². The van der Waals surface area contributed by atoms with Crippen molar-refractivity contribution in [1.82, 2.24) is 19.8 Å². The lowest BCUT2D eigenvalue weighted by molar-refractivity contribution is 0.0697. The number of aromatic carboxylic acids is 1. The highest BCUT2D eigenvalue weighted by molar-refractivity contribution is 5.97. The Kier molecular flexibility index (Phi) is 5.47. The number of nitrogens with zero attached hydrogens (tertiary/aromatic N) is 3. The average Bonchev–Trinajstić information content (AvgIpc) is 3.24. The number of benzene rings is 2. The predicted octanol–water partition coefficient (Wildman–Crippen LogP) is 4.34. The minimum absolute atomic E-state index is 0.275. The van der Waals surface area contributed by atoms with Crippen molar-refractivity contribution in [3.05, 3.63) is 78.1 Å². The Labute approximate surface area is 187 Å². The van der Waals surface area contributed by atoms with E-state index in [-0.39, 0.29) is 5.56 Å². The van der Waals surface area contributed by atoms with E-state index in [4.69, 9.17) is 0 Å². The van der Waals surface area contributed by atoms with Crippen molar-refractivity contribution in [3.8, 4) is 22.3 Å². The number of aromatic nitrogens is 2. The number of hydrogen-bond acceptors (Lipinski definition) is 4. The summed E-state index contributed by atoms with van der Waals surface area (Å²) in [6.07, 6.45) is 3.77. The van der Waals surface area contributed by atoms with Gasteiger partial charge in [0.15, 0.2) is 0 Å². The Hall–Kier alpha value is -3.48. The first-order chi connectivity index (χ1) is 15.6. The second kappa shape index (κ2) is 8.57. The van der Waals surface area contributed by atoms with Gasteiger partial charge in [0, 0.05) is 61.6 Å². The van der Waals surface area contributed by atoms with Crippen LogP contribution < -0.4 is 0 Å². The fraction of sp³-hybridized carbons (Fsp3) is 0.231. The molecule has 0 spiro atoms. The van der Waals surface area contributed by atoms with Crippen LogP contribution >= 0.6 is 0 Å². The van der Waals surface area contributed by atoms with Gasteiger partial charge in [0.25, 0.3) is 0 Å². The number of carboxylic acids is 1. The van der Waals surface area contributed by atoms with E-state index in [1.54, 1.807) is 18.2 Å². The maximum absolute atomic E-state index is 11.4. The summed E-state index contributed by atoms with van der Waals surface area (Å²) < 4.78 is 0. The maximum atomic E-state index is 11.4. The highest BCUT2D eigenvalue weighted by Gasteiger charge is 2.14. The van der Waals surface area contributed by atoms with Gasteiger partial charge in [-0.15, -0.1) is 0 Å². The summed E-state index contributed by atoms with van der Waals surface area (Å²) in [6, 6.07) is 17.8. The number of piperazine rings is 1. The van der Waals surface area contributed by atoms with Gasteiger partial charge in [0.05, 0.1) is 5.56 Å². The molecule has 162 valence electrons. The zero-order chi connectivity index (χ0) is 22.1. The summed E-state index contributed by atoms with van der Waals surface area (Å²) in [4.78, 5) is 24.0. The SMILES string of the molecule is CN1CCN(Cc2ccc(-c3cnc4[nH]cc(-c5cccc(C(=O)O)c5)c4c3)cc2)CC1. The molecule has 5 rings (SSSR count). The minimum Gasteiger partial charge on any atom is -0.478 e. The third-order valence-electron chi connectivity index (χ3n) is 6.24. The summed E-state index contributed by atoms with van der Waals surface area (Å²) in [7, 11) is 2.18. The highest BCUT2D eigenvalue weighted by Crippen LogP contribution is 2.31.